The number of aryl methyl sites for hydroxylation is 1. The highest BCUT2D eigenvalue weighted by Gasteiger charge is 2.34. The van der Waals surface area contributed by atoms with Crippen LogP contribution < -0.4 is 5.32 Å². The fourth-order valence-electron chi connectivity index (χ4n) is 2.54. The summed E-state index contributed by atoms with van der Waals surface area (Å²) in [4.78, 5) is 6.30. The summed E-state index contributed by atoms with van der Waals surface area (Å²) >= 11 is 1.92. The molecule has 2 rings (SSSR count). The van der Waals surface area contributed by atoms with Gasteiger partial charge in [-0.2, -0.15) is 0 Å². The van der Waals surface area contributed by atoms with Gasteiger partial charge in [-0.15, -0.1) is 11.3 Å². The van der Waals surface area contributed by atoms with Crippen LogP contribution in [-0.2, 0) is 12.8 Å². The third-order valence-electron chi connectivity index (χ3n) is 3.30. The van der Waals surface area contributed by atoms with Crippen LogP contribution in [0.3, 0.4) is 0 Å². The van der Waals surface area contributed by atoms with Crippen LogP contribution in [0.2, 0.25) is 0 Å². The van der Waals surface area contributed by atoms with E-state index in [0.717, 1.165) is 12.8 Å². The van der Waals surface area contributed by atoms with Crippen LogP contribution in [0.5, 0.6) is 0 Å². The van der Waals surface area contributed by atoms with Crippen LogP contribution in [0.4, 0.5) is 0 Å². The summed E-state index contributed by atoms with van der Waals surface area (Å²) in [6.45, 7) is 6.91. The monoisotopic (exact) mass is 238 g/mol. The fraction of sp³-hybridized carbons (Fsp3) is 0.769. The van der Waals surface area contributed by atoms with Gasteiger partial charge in [0.2, 0.25) is 0 Å². The molecule has 1 aromatic rings. The van der Waals surface area contributed by atoms with Crippen molar-refractivity contribution in [3.8, 4) is 0 Å². The first-order valence-electron chi connectivity index (χ1n) is 6.21. The standard InChI is InChI=1S/C13H22N2S/c1-5-6-11-15-10-8-13(2,3)7-9(14-4)12(10)16-11/h9,14H,5-8H2,1-4H3. The molecule has 1 N–H and O–H groups in total. The van der Waals surface area contributed by atoms with Crippen LogP contribution in [-0.4, -0.2) is 12.0 Å². The molecule has 1 atom stereocenters. The van der Waals surface area contributed by atoms with E-state index in [2.05, 4.69) is 33.1 Å². The largest absolute Gasteiger partial charge is 0.312 e. The molecule has 1 unspecified atom stereocenters. The van der Waals surface area contributed by atoms with Crippen molar-refractivity contribution in [2.24, 2.45) is 5.41 Å². The van der Waals surface area contributed by atoms with Crippen molar-refractivity contribution in [2.45, 2.75) is 52.5 Å². The van der Waals surface area contributed by atoms with Crippen molar-refractivity contribution >= 4 is 11.3 Å². The van der Waals surface area contributed by atoms with Gasteiger partial charge in [0, 0.05) is 10.9 Å². The number of nitrogens with zero attached hydrogens (tertiary/aromatic N) is 1. The normalized spacial score (nSPS) is 23.1. The molecule has 1 heterocycles. The Balaban J connectivity index is 2.31. The number of rotatable bonds is 3. The SMILES string of the molecule is CCCc1nc2c(s1)C(NC)CC(C)(C)C2. The smallest absolute Gasteiger partial charge is 0.0931 e. The lowest BCUT2D eigenvalue weighted by atomic mass is 9.76. The third-order valence-corrected chi connectivity index (χ3v) is 4.57. The van der Waals surface area contributed by atoms with Crippen molar-refractivity contribution in [3.05, 3.63) is 15.6 Å². The summed E-state index contributed by atoms with van der Waals surface area (Å²) < 4.78 is 0. The Kier molecular flexibility index (Phi) is 3.36. The Bertz CT molecular complexity index is 368. The molecule has 0 radical (unpaired) electrons. The molecule has 0 bridgehead atoms. The topological polar surface area (TPSA) is 24.9 Å². The maximum absolute atomic E-state index is 4.81. The van der Waals surface area contributed by atoms with Crippen molar-refractivity contribution in [1.82, 2.24) is 10.3 Å². The summed E-state index contributed by atoms with van der Waals surface area (Å²) in [6.07, 6.45) is 4.69. The van der Waals surface area contributed by atoms with Crippen LogP contribution >= 0.6 is 11.3 Å². The van der Waals surface area contributed by atoms with E-state index >= 15 is 0 Å². The predicted molar refractivity (Wildman–Crippen MR) is 70.0 cm³/mol. The highest BCUT2D eigenvalue weighted by molar-refractivity contribution is 7.11. The quantitative estimate of drug-likeness (QED) is 0.873. The first-order valence-corrected chi connectivity index (χ1v) is 7.03. The van der Waals surface area contributed by atoms with Crippen LogP contribution in [0.25, 0.3) is 0 Å². The zero-order chi connectivity index (χ0) is 11.8. The number of thiazole rings is 1. The number of fused-ring (bicyclic) bond motifs is 1. The fourth-order valence-corrected chi connectivity index (χ4v) is 3.83. The Morgan fingerprint density at radius 1 is 1.50 bits per heavy atom. The molecule has 0 fully saturated rings. The van der Waals surface area contributed by atoms with E-state index in [9.17, 15) is 0 Å². The van der Waals surface area contributed by atoms with Crippen molar-refractivity contribution in [3.63, 3.8) is 0 Å². The van der Waals surface area contributed by atoms with Gasteiger partial charge in [0.05, 0.1) is 10.7 Å². The van der Waals surface area contributed by atoms with Gasteiger partial charge in [-0.05, 0) is 38.1 Å². The first kappa shape index (κ1) is 12.1. The van der Waals surface area contributed by atoms with Gasteiger partial charge in [0.1, 0.15) is 0 Å². The van der Waals surface area contributed by atoms with Gasteiger partial charge in [-0.1, -0.05) is 20.8 Å². The predicted octanol–water partition coefficient (Wildman–Crippen LogP) is 3.33. The van der Waals surface area contributed by atoms with Crippen molar-refractivity contribution in [2.75, 3.05) is 7.05 Å². The second-order valence-electron chi connectivity index (χ2n) is 5.55. The van der Waals surface area contributed by atoms with Gasteiger partial charge in [-0.3, -0.25) is 0 Å². The van der Waals surface area contributed by atoms with Crippen LogP contribution in [0.1, 0.15) is 55.2 Å². The number of hydrogen-bond acceptors (Lipinski definition) is 3. The molecular weight excluding hydrogens is 216 g/mol. The molecule has 0 saturated carbocycles. The van der Waals surface area contributed by atoms with E-state index in [1.807, 2.05) is 11.3 Å². The lowest BCUT2D eigenvalue weighted by Gasteiger charge is -2.34. The second-order valence-corrected chi connectivity index (χ2v) is 6.67. The number of hydrogen-bond donors (Lipinski definition) is 1. The molecule has 0 amide bonds. The van der Waals surface area contributed by atoms with Gasteiger partial charge >= 0.3 is 0 Å². The minimum atomic E-state index is 0.387. The molecule has 2 nitrogen and oxygen atoms in total. The van der Waals surface area contributed by atoms with Gasteiger partial charge in [-0.25, -0.2) is 4.98 Å². The minimum Gasteiger partial charge on any atom is -0.312 e. The van der Waals surface area contributed by atoms with Gasteiger partial charge < -0.3 is 5.32 Å². The Hall–Kier alpha value is -0.410. The second kappa shape index (κ2) is 4.46. The molecule has 0 aliphatic heterocycles. The number of nitrogens with one attached hydrogen (secondary N) is 1. The lowest BCUT2D eigenvalue weighted by Crippen LogP contribution is -2.30. The van der Waals surface area contributed by atoms with Gasteiger partial charge in [0.15, 0.2) is 0 Å². The first-order chi connectivity index (χ1) is 7.55. The number of aromatic nitrogens is 1. The molecular formula is C13H22N2S. The molecule has 1 aromatic heterocycles. The summed E-state index contributed by atoms with van der Waals surface area (Å²) in [6, 6.07) is 0.516. The van der Waals surface area contributed by atoms with E-state index in [1.54, 1.807) is 0 Å². The Morgan fingerprint density at radius 3 is 2.88 bits per heavy atom. The van der Waals surface area contributed by atoms with E-state index in [1.165, 1.54) is 28.4 Å². The molecule has 0 aromatic carbocycles. The van der Waals surface area contributed by atoms with Gasteiger partial charge in [0.25, 0.3) is 0 Å². The molecule has 16 heavy (non-hydrogen) atoms. The van der Waals surface area contributed by atoms with E-state index in [0.29, 0.717) is 11.5 Å². The third kappa shape index (κ3) is 2.30. The highest BCUT2D eigenvalue weighted by Crippen LogP contribution is 2.42. The molecule has 3 heteroatoms. The summed E-state index contributed by atoms with van der Waals surface area (Å²) in [5.74, 6) is 0. The van der Waals surface area contributed by atoms with Crippen LogP contribution in [0.15, 0.2) is 0 Å². The lowest BCUT2D eigenvalue weighted by molar-refractivity contribution is 0.265. The average molecular weight is 238 g/mol. The summed E-state index contributed by atoms with van der Waals surface area (Å²) in [5, 5.41) is 4.77. The maximum atomic E-state index is 4.81. The Labute approximate surface area is 102 Å². The molecule has 1 aliphatic carbocycles. The maximum Gasteiger partial charge on any atom is 0.0931 e. The molecule has 0 saturated heterocycles. The van der Waals surface area contributed by atoms with Crippen LogP contribution in [0, 0.1) is 5.41 Å². The van der Waals surface area contributed by atoms with E-state index in [4.69, 9.17) is 4.98 Å². The zero-order valence-corrected chi connectivity index (χ0v) is 11.6. The highest BCUT2D eigenvalue weighted by atomic mass is 32.1. The minimum absolute atomic E-state index is 0.387. The molecule has 1 aliphatic rings. The zero-order valence-electron chi connectivity index (χ0n) is 10.8. The van der Waals surface area contributed by atoms with E-state index < -0.39 is 0 Å². The summed E-state index contributed by atoms with van der Waals surface area (Å²) in [7, 11) is 2.06. The average Bonchev–Trinajstić information content (AvgIpc) is 2.58. The summed E-state index contributed by atoms with van der Waals surface area (Å²) in [5.41, 5.74) is 1.74. The molecule has 90 valence electrons. The van der Waals surface area contributed by atoms with Crippen molar-refractivity contribution < 1.29 is 0 Å². The molecule has 0 spiro atoms. The van der Waals surface area contributed by atoms with E-state index in [-0.39, 0.29) is 0 Å². The Morgan fingerprint density at radius 2 is 2.25 bits per heavy atom. The van der Waals surface area contributed by atoms with Crippen molar-refractivity contribution in [1.29, 1.82) is 0 Å².